The lowest BCUT2D eigenvalue weighted by Crippen LogP contribution is -2.29. The Balaban J connectivity index is 2.28. The number of hydrazine groups is 1. The minimum Gasteiger partial charge on any atom is -0.271 e. The second kappa shape index (κ2) is 5.65. The number of nitrogens with one attached hydrogen (secondary N) is 1. The lowest BCUT2D eigenvalue weighted by molar-refractivity contribution is 0.551. The summed E-state index contributed by atoms with van der Waals surface area (Å²) in [6, 6.07) is 6.80. The Morgan fingerprint density at radius 3 is 2.39 bits per heavy atom. The van der Waals surface area contributed by atoms with Crippen molar-refractivity contribution < 1.29 is 0 Å². The third-order valence-electron chi connectivity index (χ3n) is 3.40. The van der Waals surface area contributed by atoms with Crippen LogP contribution in [0.1, 0.15) is 33.9 Å². The molecule has 0 saturated carbocycles. The molecule has 1 aromatic heterocycles. The molecule has 1 aromatic carbocycles. The summed E-state index contributed by atoms with van der Waals surface area (Å²) >= 11 is 1.71. The van der Waals surface area contributed by atoms with E-state index >= 15 is 0 Å². The third kappa shape index (κ3) is 2.80. The zero-order valence-electron chi connectivity index (χ0n) is 11.2. The Morgan fingerprint density at radius 2 is 1.89 bits per heavy atom. The van der Waals surface area contributed by atoms with E-state index in [-0.39, 0.29) is 6.04 Å². The molecule has 1 atom stereocenters. The number of aryl methyl sites for hydroxylation is 3. The highest BCUT2D eigenvalue weighted by atomic mass is 32.1. The first-order chi connectivity index (χ1) is 8.61. The SMILES string of the molecule is Cc1cc(C)c(CC(NN)c2ccsc2)c(C)c1. The van der Waals surface area contributed by atoms with Crippen LogP contribution in [0.4, 0.5) is 0 Å². The van der Waals surface area contributed by atoms with Gasteiger partial charge < -0.3 is 0 Å². The van der Waals surface area contributed by atoms with Gasteiger partial charge in [-0.15, -0.1) is 0 Å². The monoisotopic (exact) mass is 260 g/mol. The Bertz CT molecular complexity index is 494. The van der Waals surface area contributed by atoms with Crippen molar-refractivity contribution in [1.82, 2.24) is 5.43 Å². The van der Waals surface area contributed by atoms with Gasteiger partial charge in [0, 0.05) is 0 Å². The molecule has 18 heavy (non-hydrogen) atoms. The molecule has 0 aliphatic heterocycles. The Labute approximate surface area is 113 Å². The number of nitrogens with two attached hydrogens (primary N) is 1. The van der Waals surface area contributed by atoms with E-state index in [4.69, 9.17) is 5.84 Å². The average molecular weight is 260 g/mol. The van der Waals surface area contributed by atoms with Gasteiger partial charge in [0.25, 0.3) is 0 Å². The van der Waals surface area contributed by atoms with Gasteiger partial charge in [0.1, 0.15) is 0 Å². The normalized spacial score (nSPS) is 12.7. The highest BCUT2D eigenvalue weighted by molar-refractivity contribution is 7.07. The molecule has 0 saturated heterocycles. The molecule has 2 nitrogen and oxygen atoms in total. The van der Waals surface area contributed by atoms with Crippen LogP contribution < -0.4 is 11.3 Å². The largest absolute Gasteiger partial charge is 0.271 e. The predicted octanol–water partition coefficient (Wildman–Crippen LogP) is 3.42. The topological polar surface area (TPSA) is 38.0 Å². The van der Waals surface area contributed by atoms with Gasteiger partial charge in [0.05, 0.1) is 6.04 Å². The Hall–Kier alpha value is -1.16. The van der Waals surface area contributed by atoms with Gasteiger partial charge in [-0.3, -0.25) is 11.3 Å². The van der Waals surface area contributed by atoms with Crippen molar-refractivity contribution >= 4 is 11.3 Å². The van der Waals surface area contributed by atoms with Crippen LogP contribution >= 0.6 is 11.3 Å². The fourth-order valence-corrected chi connectivity index (χ4v) is 3.20. The number of hydrogen-bond donors (Lipinski definition) is 2. The number of hydrogen-bond acceptors (Lipinski definition) is 3. The van der Waals surface area contributed by atoms with Crippen LogP contribution in [0.15, 0.2) is 29.0 Å². The highest BCUT2D eigenvalue weighted by Crippen LogP contribution is 2.24. The van der Waals surface area contributed by atoms with Crippen LogP contribution in [0.3, 0.4) is 0 Å². The molecule has 3 heteroatoms. The maximum atomic E-state index is 5.70. The second-order valence-corrected chi connectivity index (χ2v) is 5.64. The summed E-state index contributed by atoms with van der Waals surface area (Å²) in [5, 5.41) is 4.25. The molecule has 1 unspecified atom stereocenters. The van der Waals surface area contributed by atoms with Crippen molar-refractivity contribution in [2.24, 2.45) is 5.84 Å². The minimum absolute atomic E-state index is 0.191. The smallest absolute Gasteiger partial charge is 0.0508 e. The lowest BCUT2D eigenvalue weighted by atomic mass is 9.93. The van der Waals surface area contributed by atoms with Crippen LogP contribution in [0.25, 0.3) is 0 Å². The predicted molar refractivity (Wildman–Crippen MR) is 78.7 cm³/mol. The number of benzene rings is 1. The Kier molecular flexibility index (Phi) is 4.17. The van der Waals surface area contributed by atoms with E-state index in [0.29, 0.717) is 0 Å². The fraction of sp³-hybridized carbons (Fsp3) is 0.333. The van der Waals surface area contributed by atoms with Crippen molar-refractivity contribution in [3.8, 4) is 0 Å². The van der Waals surface area contributed by atoms with E-state index in [1.165, 1.54) is 27.8 Å². The first kappa shape index (κ1) is 13.3. The van der Waals surface area contributed by atoms with Crippen LogP contribution in [0.2, 0.25) is 0 Å². The molecule has 0 fully saturated rings. The molecule has 2 rings (SSSR count). The van der Waals surface area contributed by atoms with Crippen molar-refractivity contribution in [2.75, 3.05) is 0 Å². The first-order valence-corrected chi connectivity index (χ1v) is 7.11. The molecule has 2 aromatic rings. The van der Waals surface area contributed by atoms with Crippen molar-refractivity contribution in [2.45, 2.75) is 33.2 Å². The maximum Gasteiger partial charge on any atom is 0.0508 e. The quantitative estimate of drug-likeness (QED) is 0.653. The number of rotatable bonds is 4. The molecule has 0 aliphatic rings. The van der Waals surface area contributed by atoms with E-state index in [1.54, 1.807) is 11.3 Å². The van der Waals surface area contributed by atoms with Crippen LogP contribution in [-0.4, -0.2) is 0 Å². The van der Waals surface area contributed by atoms with Gasteiger partial charge in [-0.05, 0) is 66.3 Å². The molecule has 1 heterocycles. The molecule has 0 bridgehead atoms. The van der Waals surface area contributed by atoms with Gasteiger partial charge >= 0.3 is 0 Å². The van der Waals surface area contributed by atoms with Crippen LogP contribution in [0, 0.1) is 20.8 Å². The zero-order valence-corrected chi connectivity index (χ0v) is 12.0. The zero-order chi connectivity index (χ0) is 13.1. The standard InChI is InChI=1S/C15H20N2S/c1-10-6-11(2)14(12(3)7-10)8-15(17-16)13-4-5-18-9-13/h4-7,9,15,17H,8,16H2,1-3H3. The first-order valence-electron chi connectivity index (χ1n) is 6.16. The molecule has 0 aliphatic carbocycles. The summed E-state index contributed by atoms with van der Waals surface area (Å²) in [5.74, 6) is 5.70. The molecule has 0 radical (unpaired) electrons. The average Bonchev–Trinajstić information content (AvgIpc) is 2.81. The van der Waals surface area contributed by atoms with E-state index in [0.717, 1.165) is 6.42 Å². The summed E-state index contributed by atoms with van der Waals surface area (Å²) in [6.07, 6.45) is 0.936. The van der Waals surface area contributed by atoms with Crippen LogP contribution in [-0.2, 0) is 6.42 Å². The van der Waals surface area contributed by atoms with Crippen molar-refractivity contribution in [3.05, 3.63) is 56.8 Å². The third-order valence-corrected chi connectivity index (χ3v) is 4.10. The lowest BCUT2D eigenvalue weighted by Gasteiger charge is -2.18. The fourth-order valence-electron chi connectivity index (χ4n) is 2.48. The summed E-state index contributed by atoms with van der Waals surface area (Å²) in [4.78, 5) is 0. The molecule has 0 amide bonds. The summed E-state index contributed by atoms with van der Waals surface area (Å²) < 4.78 is 0. The number of thiophene rings is 1. The van der Waals surface area contributed by atoms with Gasteiger partial charge in [-0.25, -0.2) is 0 Å². The second-order valence-electron chi connectivity index (χ2n) is 4.86. The van der Waals surface area contributed by atoms with E-state index in [1.807, 2.05) is 0 Å². The summed E-state index contributed by atoms with van der Waals surface area (Å²) in [5.41, 5.74) is 9.61. The highest BCUT2D eigenvalue weighted by Gasteiger charge is 2.14. The van der Waals surface area contributed by atoms with Gasteiger partial charge in [-0.2, -0.15) is 11.3 Å². The minimum atomic E-state index is 0.191. The molecular weight excluding hydrogens is 240 g/mol. The molecular formula is C15H20N2S. The van der Waals surface area contributed by atoms with E-state index in [9.17, 15) is 0 Å². The molecule has 0 spiro atoms. The van der Waals surface area contributed by atoms with Gasteiger partial charge in [0.15, 0.2) is 0 Å². The molecule has 3 N–H and O–H groups in total. The summed E-state index contributed by atoms with van der Waals surface area (Å²) in [7, 11) is 0. The van der Waals surface area contributed by atoms with Crippen molar-refractivity contribution in [1.29, 1.82) is 0 Å². The van der Waals surface area contributed by atoms with Crippen LogP contribution in [0.5, 0.6) is 0 Å². The van der Waals surface area contributed by atoms with E-state index < -0.39 is 0 Å². The van der Waals surface area contributed by atoms with Gasteiger partial charge in [-0.1, -0.05) is 17.7 Å². The van der Waals surface area contributed by atoms with Crippen molar-refractivity contribution in [3.63, 3.8) is 0 Å². The summed E-state index contributed by atoms with van der Waals surface area (Å²) in [6.45, 7) is 6.49. The maximum absolute atomic E-state index is 5.70. The van der Waals surface area contributed by atoms with Gasteiger partial charge in [0.2, 0.25) is 0 Å². The molecule has 96 valence electrons. The Morgan fingerprint density at radius 1 is 1.22 bits per heavy atom. The van der Waals surface area contributed by atoms with E-state index in [2.05, 4.69) is 55.2 Å².